The van der Waals surface area contributed by atoms with E-state index in [1.54, 1.807) is 30.0 Å². The summed E-state index contributed by atoms with van der Waals surface area (Å²) in [6.45, 7) is 2.97. The van der Waals surface area contributed by atoms with Gasteiger partial charge in [-0.05, 0) is 31.2 Å². The van der Waals surface area contributed by atoms with Crippen molar-refractivity contribution in [2.75, 3.05) is 25.1 Å². The Labute approximate surface area is 155 Å². The molecule has 0 radical (unpaired) electrons. The smallest absolute Gasteiger partial charge is 0.244 e. The van der Waals surface area contributed by atoms with Gasteiger partial charge in [0.05, 0.1) is 18.8 Å². The molecule has 2 aromatic carbocycles. The molecule has 1 aliphatic rings. The van der Waals surface area contributed by atoms with E-state index in [9.17, 15) is 13.6 Å². The van der Waals surface area contributed by atoms with Crippen LogP contribution in [0.3, 0.4) is 0 Å². The summed E-state index contributed by atoms with van der Waals surface area (Å²) in [4.78, 5) is 16.4. The Morgan fingerprint density at radius 1 is 1.19 bits per heavy atom. The molecular formula is C19H19ClF2N2O2. The van der Waals surface area contributed by atoms with Crippen molar-refractivity contribution in [2.45, 2.75) is 19.5 Å². The first kappa shape index (κ1) is 18.6. The minimum absolute atomic E-state index is 0.126. The van der Waals surface area contributed by atoms with Crippen molar-refractivity contribution >= 4 is 23.2 Å². The van der Waals surface area contributed by atoms with E-state index < -0.39 is 17.7 Å². The van der Waals surface area contributed by atoms with Crippen LogP contribution >= 0.6 is 11.6 Å². The summed E-state index contributed by atoms with van der Waals surface area (Å²) in [5.41, 5.74) is 0.976. The van der Waals surface area contributed by atoms with E-state index in [4.69, 9.17) is 16.3 Å². The van der Waals surface area contributed by atoms with Crippen molar-refractivity contribution in [1.82, 2.24) is 4.90 Å². The van der Waals surface area contributed by atoms with E-state index >= 15 is 0 Å². The van der Waals surface area contributed by atoms with Gasteiger partial charge in [0, 0.05) is 36.3 Å². The third-order valence-corrected chi connectivity index (χ3v) is 4.84. The van der Waals surface area contributed by atoms with Crippen LogP contribution in [-0.2, 0) is 11.3 Å². The van der Waals surface area contributed by atoms with Crippen LogP contribution in [0.5, 0.6) is 5.75 Å². The molecule has 0 bridgehead atoms. The molecule has 1 unspecified atom stereocenters. The van der Waals surface area contributed by atoms with Crippen molar-refractivity contribution in [1.29, 1.82) is 0 Å². The molecule has 3 rings (SSSR count). The van der Waals surface area contributed by atoms with Gasteiger partial charge in [0.25, 0.3) is 0 Å². The molecule has 7 heteroatoms. The Hall–Kier alpha value is -2.18. The molecule has 1 amide bonds. The molecule has 1 saturated heterocycles. The molecule has 2 aromatic rings. The number of amides is 1. The second kappa shape index (κ2) is 7.60. The van der Waals surface area contributed by atoms with Gasteiger partial charge in [-0.2, -0.15) is 0 Å². The first-order valence-electron chi connectivity index (χ1n) is 8.23. The zero-order chi connectivity index (χ0) is 18.8. The first-order chi connectivity index (χ1) is 12.4. The number of ether oxygens (including phenoxy) is 1. The van der Waals surface area contributed by atoms with Crippen LogP contribution in [0.2, 0.25) is 5.02 Å². The normalized spacial score (nSPS) is 18.3. The highest BCUT2D eigenvalue weighted by molar-refractivity contribution is 6.31. The highest BCUT2D eigenvalue weighted by Crippen LogP contribution is 2.33. The summed E-state index contributed by atoms with van der Waals surface area (Å²) in [6, 6.07) is 8.14. The number of halogens is 3. The van der Waals surface area contributed by atoms with Crippen LogP contribution in [0.1, 0.15) is 12.5 Å². The standard InChI is InChI=1S/C19H19ClF2N2O2/c1-12-19(25)24(17-9-14(20)4-6-18(17)26-2)8-7-23(12)11-13-3-5-15(21)10-16(13)22/h3-6,9-10,12H,7-8,11H2,1-2H3. The topological polar surface area (TPSA) is 32.8 Å². The fourth-order valence-electron chi connectivity index (χ4n) is 3.11. The van der Waals surface area contributed by atoms with Gasteiger partial charge >= 0.3 is 0 Å². The van der Waals surface area contributed by atoms with Crippen LogP contribution < -0.4 is 9.64 Å². The lowest BCUT2D eigenvalue weighted by atomic mass is 10.1. The largest absolute Gasteiger partial charge is 0.495 e. The Morgan fingerprint density at radius 3 is 2.65 bits per heavy atom. The zero-order valence-electron chi connectivity index (χ0n) is 14.5. The predicted octanol–water partition coefficient (Wildman–Crippen LogP) is 3.86. The van der Waals surface area contributed by atoms with E-state index in [1.807, 2.05) is 4.90 Å². The maximum Gasteiger partial charge on any atom is 0.244 e. The van der Waals surface area contributed by atoms with Gasteiger partial charge in [-0.15, -0.1) is 0 Å². The third-order valence-electron chi connectivity index (χ3n) is 4.60. The highest BCUT2D eigenvalue weighted by Gasteiger charge is 2.33. The number of nitrogens with zero attached hydrogens (tertiary/aromatic N) is 2. The molecule has 1 heterocycles. The molecule has 138 valence electrons. The van der Waals surface area contributed by atoms with Crippen molar-refractivity contribution in [2.24, 2.45) is 0 Å². The number of rotatable bonds is 4. The number of piperazine rings is 1. The van der Waals surface area contributed by atoms with Gasteiger partial charge in [0.15, 0.2) is 0 Å². The fourth-order valence-corrected chi connectivity index (χ4v) is 3.28. The summed E-state index contributed by atoms with van der Waals surface area (Å²) < 4.78 is 32.3. The minimum atomic E-state index is -0.617. The number of anilines is 1. The van der Waals surface area contributed by atoms with Crippen LogP contribution in [0.4, 0.5) is 14.5 Å². The molecule has 0 N–H and O–H groups in total. The predicted molar refractivity (Wildman–Crippen MR) is 96.6 cm³/mol. The van der Waals surface area contributed by atoms with Gasteiger partial charge in [-0.1, -0.05) is 17.7 Å². The summed E-state index contributed by atoms with van der Waals surface area (Å²) in [7, 11) is 1.54. The number of methoxy groups -OCH3 is 1. The lowest BCUT2D eigenvalue weighted by molar-refractivity contribution is -0.125. The van der Waals surface area contributed by atoms with Gasteiger partial charge in [0.1, 0.15) is 17.4 Å². The molecule has 0 aliphatic carbocycles. The van der Waals surface area contributed by atoms with Gasteiger partial charge in [-0.3, -0.25) is 9.69 Å². The molecule has 4 nitrogen and oxygen atoms in total. The fraction of sp³-hybridized carbons (Fsp3) is 0.316. The quantitative estimate of drug-likeness (QED) is 0.807. The maximum absolute atomic E-state index is 13.9. The molecule has 0 spiro atoms. The number of hydrogen-bond donors (Lipinski definition) is 0. The molecule has 0 saturated carbocycles. The van der Waals surface area contributed by atoms with Crippen molar-refractivity contribution in [3.63, 3.8) is 0 Å². The van der Waals surface area contributed by atoms with Crippen molar-refractivity contribution in [3.8, 4) is 5.75 Å². The second-order valence-corrected chi connectivity index (χ2v) is 6.62. The van der Waals surface area contributed by atoms with Crippen LogP contribution in [0.15, 0.2) is 36.4 Å². The third kappa shape index (κ3) is 3.66. The number of benzene rings is 2. The molecule has 0 aromatic heterocycles. The molecule has 1 atom stereocenters. The Morgan fingerprint density at radius 2 is 1.96 bits per heavy atom. The van der Waals surface area contributed by atoms with E-state index in [0.29, 0.717) is 35.1 Å². The molecule has 26 heavy (non-hydrogen) atoms. The lowest BCUT2D eigenvalue weighted by Gasteiger charge is -2.39. The van der Waals surface area contributed by atoms with E-state index in [0.717, 1.165) is 6.07 Å². The van der Waals surface area contributed by atoms with Crippen molar-refractivity contribution < 1.29 is 18.3 Å². The number of carbonyl (C=O) groups is 1. The lowest BCUT2D eigenvalue weighted by Crippen LogP contribution is -2.55. The SMILES string of the molecule is COc1ccc(Cl)cc1N1CCN(Cc2ccc(F)cc2F)C(C)C1=O. The van der Waals surface area contributed by atoms with Crippen molar-refractivity contribution in [3.05, 3.63) is 58.6 Å². The molecule has 1 fully saturated rings. The van der Waals surface area contributed by atoms with Gasteiger partial charge in [-0.25, -0.2) is 8.78 Å². The van der Waals surface area contributed by atoms with Crippen LogP contribution in [0, 0.1) is 11.6 Å². The summed E-state index contributed by atoms with van der Waals surface area (Å²) in [6.07, 6.45) is 0. The van der Waals surface area contributed by atoms with Gasteiger partial charge < -0.3 is 9.64 Å². The van der Waals surface area contributed by atoms with Crippen LogP contribution in [-0.4, -0.2) is 37.0 Å². The number of carbonyl (C=O) groups excluding carboxylic acids is 1. The molecular weight excluding hydrogens is 362 g/mol. The number of hydrogen-bond acceptors (Lipinski definition) is 3. The first-order valence-corrected chi connectivity index (χ1v) is 8.61. The maximum atomic E-state index is 13.9. The van der Waals surface area contributed by atoms with Crippen LogP contribution in [0.25, 0.3) is 0 Å². The summed E-state index contributed by atoms with van der Waals surface area (Å²) in [5, 5.41) is 0.511. The average molecular weight is 381 g/mol. The van der Waals surface area contributed by atoms with Gasteiger partial charge in [0.2, 0.25) is 5.91 Å². The summed E-state index contributed by atoms with van der Waals surface area (Å²) >= 11 is 6.07. The zero-order valence-corrected chi connectivity index (χ0v) is 15.3. The van der Waals surface area contributed by atoms with E-state index in [-0.39, 0.29) is 12.5 Å². The minimum Gasteiger partial charge on any atom is -0.495 e. The Kier molecular flexibility index (Phi) is 5.44. The highest BCUT2D eigenvalue weighted by atomic mass is 35.5. The van der Waals surface area contributed by atoms with E-state index in [1.165, 1.54) is 19.2 Å². The molecule has 1 aliphatic heterocycles. The Bertz CT molecular complexity index is 831. The second-order valence-electron chi connectivity index (χ2n) is 6.19. The Balaban J connectivity index is 1.80. The average Bonchev–Trinajstić information content (AvgIpc) is 2.61. The van der Waals surface area contributed by atoms with E-state index in [2.05, 4.69) is 0 Å². The monoisotopic (exact) mass is 380 g/mol. The summed E-state index contributed by atoms with van der Waals surface area (Å²) in [5.74, 6) is -0.788.